The van der Waals surface area contributed by atoms with Crippen LogP contribution in [0.25, 0.3) is 22.4 Å². The zero-order valence-electron chi connectivity index (χ0n) is 19.2. The second-order valence-electron chi connectivity index (χ2n) is 8.12. The highest BCUT2D eigenvalue weighted by atomic mass is 19.4. The number of carbonyl (C=O) groups is 1. The smallest absolute Gasteiger partial charge is 0.493 e. The molecule has 0 aliphatic rings. The number of pyridine rings is 1. The zero-order valence-corrected chi connectivity index (χ0v) is 19.2. The van der Waals surface area contributed by atoms with E-state index in [9.17, 15) is 18.0 Å². The molecule has 0 bridgehead atoms. The Kier molecular flexibility index (Phi) is 7.72. The highest BCUT2D eigenvalue weighted by Crippen LogP contribution is 2.30. The molecule has 0 aliphatic heterocycles. The Labute approximate surface area is 205 Å². The van der Waals surface area contributed by atoms with Gasteiger partial charge in [0.05, 0.1) is 30.4 Å². The van der Waals surface area contributed by atoms with Crippen LogP contribution in [0.5, 0.6) is 11.5 Å². The molecule has 4 rings (SSSR count). The SMILES string of the molecule is O=C(O)CCCCCOc1ccccc1Cn1c(-c2ccc(OC(F)(F)F)cc2)nc2ccncc21. The molecular weight excluding hydrogens is 475 g/mol. The fraction of sp³-hybridized carbons (Fsp3) is 0.269. The van der Waals surface area contributed by atoms with Gasteiger partial charge in [-0.15, -0.1) is 13.2 Å². The molecule has 0 unspecified atom stereocenters. The van der Waals surface area contributed by atoms with Gasteiger partial charge in [-0.25, -0.2) is 4.98 Å². The van der Waals surface area contributed by atoms with Gasteiger partial charge in [-0.3, -0.25) is 9.78 Å². The number of imidazole rings is 1. The quantitative estimate of drug-likeness (QED) is 0.252. The summed E-state index contributed by atoms with van der Waals surface area (Å²) in [6.45, 7) is 0.851. The molecule has 2 aromatic heterocycles. The Morgan fingerprint density at radius 2 is 1.78 bits per heavy atom. The van der Waals surface area contributed by atoms with Gasteiger partial charge in [-0.2, -0.15) is 0 Å². The number of para-hydroxylation sites is 1. The van der Waals surface area contributed by atoms with Gasteiger partial charge >= 0.3 is 12.3 Å². The molecule has 36 heavy (non-hydrogen) atoms. The first-order chi connectivity index (χ1) is 17.3. The van der Waals surface area contributed by atoms with E-state index < -0.39 is 12.3 Å². The van der Waals surface area contributed by atoms with Crippen LogP contribution in [-0.4, -0.2) is 38.6 Å². The average molecular weight is 499 g/mol. The van der Waals surface area contributed by atoms with Gasteiger partial charge in [0.25, 0.3) is 0 Å². The summed E-state index contributed by atoms with van der Waals surface area (Å²) in [5, 5.41) is 8.75. The maximum absolute atomic E-state index is 12.5. The third kappa shape index (κ3) is 6.53. The van der Waals surface area contributed by atoms with E-state index in [1.165, 1.54) is 24.3 Å². The summed E-state index contributed by atoms with van der Waals surface area (Å²) in [4.78, 5) is 19.6. The molecule has 10 heteroatoms. The summed E-state index contributed by atoms with van der Waals surface area (Å²) in [5.41, 5.74) is 2.99. The molecule has 0 fully saturated rings. The minimum absolute atomic E-state index is 0.143. The van der Waals surface area contributed by atoms with Crippen molar-refractivity contribution < 1.29 is 32.5 Å². The van der Waals surface area contributed by atoms with Crippen molar-refractivity contribution in [3.05, 3.63) is 72.6 Å². The Hall–Kier alpha value is -4.08. The molecule has 188 valence electrons. The predicted octanol–water partition coefficient (Wildman–Crippen LogP) is 6.07. The van der Waals surface area contributed by atoms with Gasteiger partial charge < -0.3 is 19.1 Å². The zero-order chi connectivity index (χ0) is 25.5. The van der Waals surface area contributed by atoms with Gasteiger partial charge in [0.2, 0.25) is 0 Å². The minimum atomic E-state index is -4.76. The molecule has 0 atom stereocenters. The number of carboxylic acid groups (broad SMARTS) is 1. The van der Waals surface area contributed by atoms with E-state index in [0.717, 1.165) is 23.9 Å². The summed E-state index contributed by atoms with van der Waals surface area (Å²) in [7, 11) is 0. The van der Waals surface area contributed by atoms with Crippen LogP contribution in [0.2, 0.25) is 0 Å². The number of nitrogens with zero attached hydrogens (tertiary/aromatic N) is 3. The maximum atomic E-state index is 12.5. The van der Waals surface area contributed by atoms with Crippen molar-refractivity contribution in [2.75, 3.05) is 6.61 Å². The van der Waals surface area contributed by atoms with E-state index in [2.05, 4.69) is 9.72 Å². The molecule has 1 N–H and O–H groups in total. The fourth-order valence-corrected chi connectivity index (χ4v) is 3.84. The standard InChI is InChI=1S/C26H24F3N3O4/c27-26(28,29)36-20-11-9-18(10-12-20)25-31-21-13-14-30-16-22(21)32(25)17-19-6-3-4-7-23(19)35-15-5-1-2-8-24(33)34/h3-4,6-7,9-14,16H,1-2,5,8,15,17H2,(H,33,34). The van der Waals surface area contributed by atoms with Crippen LogP contribution >= 0.6 is 0 Å². The summed E-state index contributed by atoms with van der Waals surface area (Å²) in [5.74, 6) is 0.153. The summed E-state index contributed by atoms with van der Waals surface area (Å²) < 4.78 is 49.6. The molecule has 0 amide bonds. The lowest BCUT2D eigenvalue weighted by molar-refractivity contribution is -0.274. The number of benzene rings is 2. The number of carboxylic acids is 1. The van der Waals surface area contributed by atoms with Gasteiger partial charge in [0.15, 0.2) is 0 Å². The lowest BCUT2D eigenvalue weighted by Crippen LogP contribution is -2.17. The third-order valence-electron chi connectivity index (χ3n) is 5.49. The minimum Gasteiger partial charge on any atom is -0.493 e. The monoisotopic (exact) mass is 499 g/mol. The van der Waals surface area contributed by atoms with Crippen LogP contribution in [0.15, 0.2) is 67.0 Å². The lowest BCUT2D eigenvalue weighted by Gasteiger charge is -2.15. The topological polar surface area (TPSA) is 86.5 Å². The van der Waals surface area contributed by atoms with E-state index in [4.69, 9.17) is 14.8 Å². The number of hydrogen-bond acceptors (Lipinski definition) is 5. The molecule has 4 aromatic rings. The first kappa shape index (κ1) is 25.0. The molecule has 2 aromatic carbocycles. The van der Waals surface area contributed by atoms with Crippen LogP contribution in [0, 0.1) is 0 Å². The molecule has 0 saturated heterocycles. The molecule has 0 aliphatic carbocycles. The van der Waals surface area contributed by atoms with Crippen molar-refractivity contribution in [3.8, 4) is 22.9 Å². The number of aliphatic carboxylic acids is 1. The number of hydrogen-bond donors (Lipinski definition) is 1. The van der Waals surface area contributed by atoms with Gasteiger partial charge in [0, 0.05) is 23.7 Å². The van der Waals surface area contributed by atoms with Crippen LogP contribution in [0.3, 0.4) is 0 Å². The Morgan fingerprint density at radius 1 is 1.00 bits per heavy atom. The number of alkyl halides is 3. The molecule has 2 heterocycles. The number of rotatable bonds is 11. The summed E-state index contributed by atoms with van der Waals surface area (Å²) >= 11 is 0. The second kappa shape index (κ2) is 11.1. The summed E-state index contributed by atoms with van der Waals surface area (Å²) in [6, 6.07) is 14.9. The van der Waals surface area contributed by atoms with Crippen molar-refractivity contribution in [1.29, 1.82) is 0 Å². The van der Waals surface area contributed by atoms with Crippen molar-refractivity contribution in [2.24, 2.45) is 0 Å². The van der Waals surface area contributed by atoms with E-state index in [1.54, 1.807) is 18.5 Å². The van der Waals surface area contributed by atoms with E-state index in [0.29, 0.717) is 42.2 Å². The van der Waals surface area contributed by atoms with E-state index in [1.807, 2.05) is 28.8 Å². The first-order valence-electron chi connectivity index (χ1n) is 11.4. The van der Waals surface area contributed by atoms with Gasteiger partial charge in [-0.05, 0) is 55.7 Å². The molecule has 0 saturated carbocycles. The van der Waals surface area contributed by atoms with Crippen LogP contribution in [0.1, 0.15) is 31.2 Å². The van der Waals surface area contributed by atoms with Crippen molar-refractivity contribution >= 4 is 17.0 Å². The third-order valence-corrected chi connectivity index (χ3v) is 5.49. The normalized spacial score (nSPS) is 11.5. The average Bonchev–Trinajstić information content (AvgIpc) is 3.20. The number of aromatic nitrogens is 3. The number of fused-ring (bicyclic) bond motifs is 1. The van der Waals surface area contributed by atoms with E-state index in [-0.39, 0.29) is 12.2 Å². The highest BCUT2D eigenvalue weighted by molar-refractivity contribution is 5.80. The number of halogens is 3. The largest absolute Gasteiger partial charge is 0.573 e. The fourth-order valence-electron chi connectivity index (χ4n) is 3.84. The Balaban J connectivity index is 1.57. The Morgan fingerprint density at radius 3 is 2.53 bits per heavy atom. The molecule has 0 radical (unpaired) electrons. The van der Waals surface area contributed by atoms with Crippen molar-refractivity contribution in [3.63, 3.8) is 0 Å². The predicted molar refractivity (Wildman–Crippen MR) is 127 cm³/mol. The van der Waals surface area contributed by atoms with Gasteiger partial charge in [0.1, 0.15) is 17.3 Å². The first-order valence-corrected chi connectivity index (χ1v) is 11.4. The number of unbranched alkanes of at least 4 members (excludes halogenated alkanes) is 2. The lowest BCUT2D eigenvalue weighted by atomic mass is 10.1. The number of ether oxygens (including phenoxy) is 2. The van der Waals surface area contributed by atoms with Crippen LogP contribution in [-0.2, 0) is 11.3 Å². The van der Waals surface area contributed by atoms with Crippen molar-refractivity contribution in [2.45, 2.75) is 38.6 Å². The van der Waals surface area contributed by atoms with Crippen LogP contribution in [0.4, 0.5) is 13.2 Å². The maximum Gasteiger partial charge on any atom is 0.573 e. The molecule has 0 spiro atoms. The van der Waals surface area contributed by atoms with E-state index >= 15 is 0 Å². The summed E-state index contributed by atoms with van der Waals surface area (Å²) in [6.07, 6.45) is 0.793. The van der Waals surface area contributed by atoms with Gasteiger partial charge in [-0.1, -0.05) is 18.2 Å². The van der Waals surface area contributed by atoms with Crippen LogP contribution < -0.4 is 9.47 Å². The van der Waals surface area contributed by atoms with Crippen molar-refractivity contribution in [1.82, 2.24) is 14.5 Å². The second-order valence-corrected chi connectivity index (χ2v) is 8.12. The molecular formula is C26H24F3N3O4. The Bertz CT molecular complexity index is 1320. The molecule has 7 nitrogen and oxygen atoms in total. The highest BCUT2D eigenvalue weighted by Gasteiger charge is 2.31.